The van der Waals surface area contributed by atoms with Crippen molar-refractivity contribution >= 4 is 29.1 Å². The Hall–Kier alpha value is -1.59. The molecule has 1 aliphatic carbocycles. The first-order chi connectivity index (χ1) is 10.5. The molecular weight excluding hydrogens is 304 g/mol. The predicted octanol–water partition coefficient (Wildman–Crippen LogP) is 2.48. The largest absolute Gasteiger partial charge is 0.388 e. The highest BCUT2D eigenvalue weighted by Crippen LogP contribution is 2.26. The summed E-state index contributed by atoms with van der Waals surface area (Å²) in [6, 6.07) is 6.57. The first-order valence-corrected chi connectivity index (χ1v) is 7.93. The number of carbonyl (C=O) groups is 2. The van der Waals surface area contributed by atoms with Crippen LogP contribution < -0.4 is 10.6 Å². The highest BCUT2D eigenvalue weighted by molar-refractivity contribution is 6.39. The second kappa shape index (κ2) is 7.61. The van der Waals surface area contributed by atoms with Crippen LogP contribution in [0.15, 0.2) is 24.3 Å². The zero-order chi connectivity index (χ0) is 16.0. The van der Waals surface area contributed by atoms with Gasteiger partial charge in [0.15, 0.2) is 0 Å². The molecule has 0 aromatic heterocycles. The van der Waals surface area contributed by atoms with Gasteiger partial charge in [-0.2, -0.15) is 0 Å². The summed E-state index contributed by atoms with van der Waals surface area (Å²) >= 11 is 5.82. The number of aliphatic hydroxyl groups is 1. The van der Waals surface area contributed by atoms with Gasteiger partial charge in [0.25, 0.3) is 0 Å². The molecule has 0 spiro atoms. The number of anilines is 1. The van der Waals surface area contributed by atoms with Crippen LogP contribution in [-0.2, 0) is 9.59 Å². The summed E-state index contributed by atoms with van der Waals surface area (Å²) < 4.78 is 0. The third-order valence-corrected chi connectivity index (χ3v) is 4.14. The number of rotatable bonds is 3. The van der Waals surface area contributed by atoms with E-state index in [1.807, 2.05) is 0 Å². The molecule has 0 unspecified atom stereocenters. The molecule has 0 saturated heterocycles. The summed E-state index contributed by atoms with van der Waals surface area (Å²) in [5.41, 5.74) is -0.441. The van der Waals surface area contributed by atoms with Gasteiger partial charge in [-0.05, 0) is 31.0 Å². The minimum Gasteiger partial charge on any atom is -0.388 e. The van der Waals surface area contributed by atoms with E-state index in [0.717, 1.165) is 25.7 Å². The van der Waals surface area contributed by atoms with Crippen molar-refractivity contribution in [3.05, 3.63) is 29.3 Å². The van der Waals surface area contributed by atoms with Gasteiger partial charge < -0.3 is 15.7 Å². The van der Waals surface area contributed by atoms with Gasteiger partial charge >= 0.3 is 11.8 Å². The normalized spacial score (nSPS) is 17.4. The fourth-order valence-electron chi connectivity index (χ4n) is 2.64. The summed E-state index contributed by atoms with van der Waals surface area (Å²) in [5, 5.41) is 15.9. The van der Waals surface area contributed by atoms with Crippen molar-refractivity contribution in [1.82, 2.24) is 5.32 Å². The van der Waals surface area contributed by atoms with E-state index in [1.165, 1.54) is 0 Å². The summed E-state index contributed by atoms with van der Waals surface area (Å²) in [5.74, 6) is -1.52. The molecule has 0 radical (unpaired) electrons. The topological polar surface area (TPSA) is 78.4 Å². The SMILES string of the molecule is O=C(NCC1(O)CCCCCC1)C(=O)Nc1cccc(Cl)c1. The lowest BCUT2D eigenvalue weighted by Gasteiger charge is -2.26. The Labute approximate surface area is 135 Å². The van der Waals surface area contributed by atoms with E-state index in [4.69, 9.17) is 11.6 Å². The van der Waals surface area contributed by atoms with Crippen molar-refractivity contribution in [2.24, 2.45) is 0 Å². The van der Waals surface area contributed by atoms with Crippen molar-refractivity contribution in [2.45, 2.75) is 44.1 Å². The lowest BCUT2D eigenvalue weighted by molar-refractivity contribution is -0.136. The minimum atomic E-state index is -0.900. The van der Waals surface area contributed by atoms with Gasteiger partial charge in [0.1, 0.15) is 0 Å². The molecule has 1 aliphatic rings. The highest BCUT2D eigenvalue weighted by Gasteiger charge is 2.29. The standard InChI is InChI=1S/C16H21ClN2O3/c17-12-6-5-7-13(10-12)19-15(21)14(20)18-11-16(22)8-3-1-2-4-9-16/h5-7,10,22H,1-4,8-9,11H2,(H,18,20)(H,19,21). The zero-order valence-corrected chi connectivity index (χ0v) is 13.2. The molecule has 1 fully saturated rings. The molecule has 2 amide bonds. The molecule has 22 heavy (non-hydrogen) atoms. The molecule has 3 N–H and O–H groups in total. The number of nitrogens with one attached hydrogen (secondary N) is 2. The molecule has 1 aromatic rings. The smallest absolute Gasteiger partial charge is 0.313 e. The average Bonchev–Trinajstić information content (AvgIpc) is 2.70. The van der Waals surface area contributed by atoms with Crippen LogP contribution in [0.25, 0.3) is 0 Å². The van der Waals surface area contributed by atoms with Gasteiger partial charge in [0.05, 0.1) is 5.60 Å². The third-order valence-electron chi connectivity index (χ3n) is 3.90. The van der Waals surface area contributed by atoms with Crippen LogP contribution in [-0.4, -0.2) is 29.1 Å². The maximum Gasteiger partial charge on any atom is 0.313 e. The Morgan fingerprint density at radius 2 is 1.82 bits per heavy atom. The van der Waals surface area contributed by atoms with Gasteiger partial charge in [-0.3, -0.25) is 9.59 Å². The van der Waals surface area contributed by atoms with E-state index in [2.05, 4.69) is 10.6 Å². The molecule has 0 bridgehead atoms. The summed E-state index contributed by atoms with van der Waals surface area (Å²) in [7, 11) is 0. The Morgan fingerprint density at radius 1 is 1.14 bits per heavy atom. The van der Waals surface area contributed by atoms with Gasteiger partial charge in [-0.15, -0.1) is 0 Å². The fraction of sp³-hybridized carbons (Fsp3) is 0.500. The van der Waals surface area contributed by atoms with Gasteiger partial charge in [0.2, 0.25) is 0 Å². The Balaban J connectivity index is 1.84. The van der Waals surface area contributed by atoms with E-state index < -0.39 is 17.4 Å². The first-order valence-electron chi connectivity index (χ1n) is 7.56. The molecule has 120 valence electrons. The maximum atomic E-state index is 11.8. The first kappa shape index (κ1) is 16.8. The van der Waals surface area contributed by atoms with Crippen LogP contribution in [0.2, 0.25) is 5.02 Å². The second-order valence-electron chi connectivity index (χ2n) is 5.79. The van der Waals surface area contributed by atoms with Gasteiger partial charge in [0, 0.05) is 17.3 Å². The number of amides is 2. The number of hydrogen-bond acceptors (Lipinski definition) is 3. The third kappa shape index (κ3) is 5.00. The van der Waals surface area contributed by atoms with E-state index in [1.54, 1.807) is 24.3 Å². The lowest BCUT2D eigenvalue weighted by Crippen LogP contribution is -2.46. The van der Waals surface area contributed by atoms with Crippen molar-refractivity contribution in [2.75, 3.05) is 11.9 Å². The molecule has 5 nitrogen and oxygen atoms in total. The molecular formula is C16H21ClN2O3. The zero-order valence-electron chi connectivity index (χ0n) is 12.4. The molecule has 0 aliphatic heterocycles. The van der Waals surface area contributed by atoms with E-state index in [0.29, 0.717) is 23.6 Å². The van der Waals surface area contributed by atoms with Crippen LogP contribution in [0.4, 0.5) is 5.69 Å². The molecule has 2 rings (SSSR count). The van der Waals surface area contributed by atoms with Crippen LogP contribution in [0, 0.1) is 0 Å². The number of carbonyl (C=O) groups excluding carboxylic acids is 2. The second-order valence-corrected chi connectivity index (χ2v) is 6.22. The molecule has 0 atom stereocenters. The Bertz CT molecular complexity index is 540. The minimum absolute atomic E-state index is 0.106. The Morgan fingerprint density at radius 3 is 2.45 bits per heavy atom. The van der Waals surface area contributed by atoms with Crippen molar-refractivity contribution < 1.29 is 14.7 Å². The van der Waals surface area contributed by atoms with Crippen molar-refractivity contribution in [3.8, 4) is 0 Å². The molecule has 1 saturated carbocycles. The fourth-order valence-corrected chi connectivity index (χ4v) is 2.83. The average molecular weight is 325 g/mol. The van der Waals surface area contributed by atoms with Gasteiger partial charge in [-0.25, -0.2) is 0 Å². The molecule has 0 heterocycles. The molecule has 6 heteroatoms. The van der Waals surface area contributed by atoms with Crippen LogP contribution in [0.5, 0.6) is 0 Å². The highest BCUT2D eigenvalue weighted by atomic mass is 35.5. The van der Waals surface area contributed by atoms with E-state index in [9.17, 15) is 14.7 Å². The molecule has 1 aromatic carbocycles. The maximum absolute atomic E-state index is 11.8. The number of hydrogen-bond donors (Lipinski definition) is 3. The van der Waals surface area contributed by atoms with Gasteiger partial charge in [-0.1, -0.05) is 43.4 Å². The number of benzene rings is 1. The van der Waals surface area contributed by atoms with Crippen molar-refractivity contribution in [1.29, 1.82) is 0 Å². The van der Waals surface area contributed by atoms with E-state index in [-0.39, 0.29) is 6.54 Å². The quantitative estimate of drug-likeness (QED) is 0.590. The summed E-state index contributed by atoms with van der Waals surface area (Å²) in [6.07, 6.45) is 5.41. The van der Waals surface area contributed by atoms with Crippen LogP contribution >= 0.6 is 11.6 Å². The lowest BCUT2D eigenvalue weighted by atomic mass is 9.94. The van der Waals surface area contributed by atoms with E-state index >= 15 is 0 Å². The Kier molecular flexibility index (Phi) is 5.80. The summed E-state index contributed by atoms with van der Waals surface area (Å²) in [4.78, 5) is 23.7. The van der Waals surface area contributed by atoms with Crippen LogP contribution in [0.1, 0.15) is 38.5 Å². The van der Waals surface area contributed by atoms with Crippen LogP contribution in [0.3, 0.4) is 0 Å². The van der Waals surface area contributed by atoms with Crippen molar-refractivity contribution in [3.63, 3.8) is 0 Å². The number of halogens is 1. The summed E-state index contributed by atoms with van der Waals surface area (Å²) in [6.45, 7) is 0.106. The monoisotopic (exact) mass is 324 g/mol. The predicted molar refractivity (Wildman–Crippen MR) is 85.7 cm³/mol.